The monoisotopic (exact) mass is 402 g/mol. The minimum absolute atomic E-state index is 0.121. The van der Waals surface area contributed by atoms with Crippen LogP contribution in [0, 0.1) is 5.82 Å². The highest BCUT2D eigenvalue weighted by Crippen LogP contribution is 2.30. The molecule has 29 heavy (non-hydrogen) atoms. The number of nitrogens with one attached hydrogen (secondary N) is 1. The largest absolute Gasteiger partial charge is 0.345 e. The summed E-state index contributed by atoms with van der Waals surface area (Å²) < 4.78 is 13.2. The molecule has 0 aliphatic rings. The molecule has 1 atom stereocenters. The molecule has 0 unspecified atom stereocenters. The maximum Gasteiger partial charge on any atom is 0.252 e. The predicted octanol–water partition coefficient (Wildman–Crippen LogP) is 6.02. The van der Waals surface area contributed by atoms with Crippen molar-refractivity contribution in [2.24, 2.45) is 0 Å². The number of hydrogen-bond acceptors (Lipinski definition) is 3. The van der Waals surface area contributed by atoms with E-state index in [0.717, 1.165) is 21.4 Å². The van der Waals surface area contributed by atoms with E-state index in [1.54, 1.807) is 18.2 Å². The third-order valence-corrected chi connectivity index (χ3v) is 5.55. The number of carbonyl (C=O) groups excluding carboxylic acids is 1. The minimum atomic E-state index is -0.282. The fourth-order valence-corrected chi connectivity index (χ4v) is 3.95. The number of carbonyl (C=O) groups is 1. The van der Waals surface area contributed by atoms with Crippen molar-refractivity contribution in [3.63, 3.8) is 0 Å². The van der Waals surface area contributed by atoms with Gasteiger partial charge in [0.15, 0.2) is 0 Å². The van der Waals surface area contributed by atoms with Gasteiger partial charge in [0.05, 0.1) is 17.1 Å². The van der Waals surface area contributed by atoms with Crippen molar-refractivity contribution < 1.29 is 9.18 Å². The first-order valence-electron chi connectivity index (χ1n) is 9.29. The standard InChI is InChI=1S/C24H19FN2OS/c1-16(17-7-3-2-4-8-17)26-24(28)21-15-23(27-22-10-6-5-9-20(21)22)29-19-13-11-18(25)12-14-19/h2-16H,1H3,(H,26,28)/t16-/m1/s1. The zero-order chi connectivity index (χ0) is 20.2. The lowest BCUT2D eigenvalue weighted by atomic mass is 10.1. The third-order valence-electron chi connectivity index (χ3n) is 4.62. The Morgan fingerprint density at radius 3 is 2.41 bits per heavy atom. The molecular weight excluding hydrogens is 383 g/mol. The van der Waals surface area contributed by atoms with Crippen molar-refractivity contribution >= 4 is 28.6 Å². The van der Waals surface area contributed by atoms with Gasteiger partial charge in [0.25, 0.3) is 5.91 Å². The van der Waals surface area contributed by atoms with Gasteiger partial charge in [-0.3, -0.25) is 4.79 Å². The maximum absolute atomic E-state index is 13.2. The Hall–Kier alpha value is -3.18. The molecule has 0 saturated carbocycles. The van der Waals surface area contributed by atoms with Crippen LogP contribution in [0.5, 0.6) is 0 Å². The second-order valence-corrected chi connectivity index (χ2v) is 7.78. The van der Waals surface area contributed by atoms with Crippen LogP contribution >= 0.6 is 11.8 Å². The lowest BCUT2D eigenvalue weighted by molar-refractivity contribution is 0.0941. The van der Waals surface area contributed by atoms with Crippen molar-refractivity contribution in [3.05, 3.63) is 102 Å². The molecule has 5 heteroatoms. The predicted molar refractivity (Wildman–Crippen MR) is 115 cm³/mol. The minimum Gasteiger partial charge on any atom is -0.345 e. The van der Waals surface area contributed by atoms with Gasteiger partial charge in [-0.15, -0.1) is 0 Å². The van der Waals surface area contributed by atoms with Gasteiger partial charge in [-0.2, -0.15) is 0 Å². The first-order valence-corrected chi connectivity index (χ1v) is 10.1. The van der Waals surface area contributed by atoms with Crippen molar-refractivity contribution in [3.8, 4) is 0 Å². The highest BCUT2D eigenvalue weighted by Gasteiger charge is 2.16. The Bertz CT molecular complexity index is 1150. The molecule has 0 spiro atoms. The summed E-state index contributed by atoms with van der Waals surface area (Å²) in [5, 5.41) is 4.57. The van der Waals surface area contributed by atoms with E-state index in [9.17, 15) is 9.18 Å². The number of halogens is 1. The van der Waals surface area contributed by atoms with E-state index in [2.05, 4.69) is 10.3 Å². The molecule has 0 radical (unpaired) electrons. The topological polar surface area (TPSA) is 42.0 Å². The van der Waals surface area contributed by atoms with Crippen molar-refractivity contribution in [2.75, 3.05) is 0 Å². The summed E-state index contributed by atoms with van der Waals surface area (Å²) in [6, 6.07) is 25.3. The average molecular weight is 402 g/mol. The summed E-state index contributed by atoms with van der Waals surface area (Å²) >= 11 is 1.40. The Morgan fingerprint density at radius 1 is 0.966 bits per heavy atom. The third kappa shape index (κ3) is 4.46. The zero-order valence-corrected chi connectivity index (χ0v) is 16.6. The van der Waals surface area contributed by atoms with Crippen LogP contribution in [0.1, 0.15) is 28.9 Å². The molecule has 0 saturated heterocycles. The van der Waals surface area contributed by atoms with Crippen LogP contribution in [-0.4, -0.2) is 10.9 Å². The summed E-state index contributed by atoms with van der Waals surface area (Å²) in [6.07, 6.45) is 0. The fraction of sp³-hybridized carbons (Fsp3) is 0.0833. The number of fused-ring (bicyclic) bond motifs is 1. The van der Waals surface area contributed by atoms with Gasteiger partial charge in [-0.25, -0.2) is 9.37 Å². The summed E-state index contributed by atoms with van der Waals surface area (Å²) in [4.78, 5) is 18.6. The van der Waals surface area contributed by atoms with Crippen LogP contribution in [-0.2, 0) is 0 Å². The molecule has 4 aromatic rings. The number of benzene rings is 3. The molecule has 1 amide bonds. The molecule has 1 heterocycles. The lowest BCUT2D eigenvalue weighted by Gasteiger charge is -2.16. The molecule has 0 aliphatic carbocycles. The summed E-state index contributed by atoms with van der Waals surface area (Å²) in [6.45, 7) is 1.96. The van der Waals surface area contributed by atoms with Crippen molar-refractivity contribution in [1.29, 1.82) is 0 Å². The van der Waals surface area contributed by atoms with E-state index < -0.39 is 0 Å². The maximum atomic E-state index is 13.2. The first-order chi connectivity index (χ1) is 14.1. The van der Waals surface area contributed by atoms with Crippen LogP contribution < -0.4 is 5.32 Å². The quantitative estimate of drug-likeness (QED) is 0.444. The van der Waals surface area contributed by atoms with Gasteiger partial charge >= 0.3 is 0 Å². The van der Waals surface area contributed by atoms with E-state index >= 15 is 0 Å². The summed E-state index contributed by atoms with van der Waals surface area (Å²) in [5.41, 5.74) is 2.36. The van der Waals surface area contributed by atoms with E-state index in [1.807, 2.05) is 61.5 Å². The van der Waals surface area contributed by atoms with E-state index in [-0.39, 0.29) is 17.8 Å². The Balaban J connectivity index is 1.66. The molecular formula is C24H19FN2OS. The van der Waals surface area contributed by atoms with Crippen LogP contribution in [0.4, 0.5) is 4.39 Å². The molecule has 0 fully saturated rings. The second kappa shape index (κ2) is 8.45. The number of pyridine rings is 1. The van der Waals surface area contributed by atoms with Gasteiger partial charge < -0.3 is 5.32 Å². The molecule has 1 N–H and O–H groups in total. The molecule has 144 valence electrons. The normalized spacial score (nSPS) is 11.9. The summed E-state index contributed by atoms with van der Waals surface area (Å²) in [7, 11) is 0. The molecule has 3 nitrogen and oxygen atoms in total. The smallest absolute Gasteiger partial charge is 0.252 e. The van der Waals surface area contributed by atoms with Crippen LogP contribution in [0.15, 0.2) is 94.9 Å². The van der Waals surface area contributed by atoms with E-state index in [1.165, 1.54) is 23.9 Å². The second-order valence-electron chi connectivity index (χ2n) is 6.69. The first kappa shape index (κ1) is 19.2. The number of aromatic nitrogens is 1. The number of hydrogen-bond donors (Lipinski definition) is 1. The van der Waals surface area contributed by atoms with Crippen molar-refractivity contribution in [1.82, 2.24) is 10.3 Å². The van der Waals surface area contributed by atoms with Gasteiger partial charge in [0.1, 0.15) is 10.8 Å². The van der Waals surface area contributed by atoms with Gasteiger partial charge in [-0.05, 0) is 48.9 Å². The van der Waals surface area contributed by atoms with Crippen molar-refractivity contribution in [2.45, 2.75) is 22.9 Å². The van der Waals surface area contributed by atoms with E-state index in [4.69, 9.17) is 0 Å². The molecule has 3 aromatic carbocycles. The number of para-hydroxylation sites is 1. The zero-order valence-electron chi connectivity index (χ0n) is 15.8. The van der Waals surface area contributed by atoms with Crippen LogP contribution in [0.25, 0.3) is 10.9 Å². The Kier molecular flexibility index (Phi) is 5.58. The van der Waals surface area contributed by atoms with Gasteiger partial charge in [0.2, 0.25) is 0 Å². The highest BCUT2D eigenvalue weighted by molar-refractivity contribution is 7.99. The SMILES string of the molecule is C[C@@H](NC(=O)c1cc(Sc2ccc(F)cc2)nc2ccccc12)c1ccccc1. The highest BCUT2D eigenvalue weighted by atomic mass is 32.2. The Morgan fingerprint density at radius 2 is 1.66 bits per heavy atom. The molecule has 1 aromatic heterocycles. The van der Waals surface area contributed by atoms with E-state index in [0.29, 0.717) is 10.6 Å². The average Bonchev–Trinajstić information content (AvgIpc) is 2.75. The molecule has 0 bridgehead atoms. The molecule has 0 aliphatic heterocycles. The molecule has 4 rings (SSSR count). The van der Waals surface area contributed by atoms with Gasteiger partial charge in [0, 0.05) is 10.3 Å². The number of amides is 1. The lowest BCUT2D eigenvalue weighted by Crippen LogP contribution is -2.27. The Labute approximate surface area is 173 Å². The summed E-state index contributed by atoms with van der Waals surface area (Å²) in [5.74, 6) is -0.434. The number of nitrogens with zero attached hydrogens (tertiary/aromatic N) is 1. The van der Waals surface area contributed by atoms with Crippen LogP contribution in [0.3, 0.4) is 0 Å². The van der Waals surface area contributed by atoms with Gasteiger partial charge in [-0.1, -0.05) is 60.3 Å². The fourth-order valence-electron chi connectivity index (χ4n) is 3.11. The number of rotatable bonds is 5. The van der Waals surface area contributed by atoms with Crippen LogP contribution in [0.2, 0.25) is 0 Å².